The molecule has 2 aromatic rings. The number of halogens is 3. The largest absolute Gasteiger partial charge is 0.573 e. The number of para-hydroxylation sites is 2. The minimum absolute atomic E-state index is 0.203. The smallest absolute Gasteiger partial charge is 0.406 e. The number of nitrogens with zero attached hydrogens (tertiary/aromatic N) is 1. The van der Waals surface area contributed by atoms with E-state index in [4.69, 9.17) is 0 Å². The highest BCUT2D eigenvalue weighted by molar-refractivity contribution is 6.10. The van der Waals surface area contributed by atoms with Crippen LogP contribution in [0.1, 0.15) is 0 Å². The van der Waals surface area contributed by atoms with E-state index in [1.807, 2.05) is 0 Å². The van der Waals surface area contributed by atoms with Gasteiger partial charge in [-0.15, -0.1) is 13.2 Å². The van der Waals surface area contributed by atoms with Gasteiger partial charge >= 0.3 is 12.4 Å². The van der Waals surface area contributed by atoms with Gasteiger partial charge < -0.3 is 20.7 Å². The second kappa shape index (κ2) is 8.09. The molecule has 8 nitrogen and oxygen atoms in total. The van der Waals surface area contributed by atoms with Crippen molar-refractivity contribution in [2.24, 2.45) is 0 Å². The first-order chi connectivity index (χ1) is 13.7. The molecular formula is C18H15F3N4O4. The van der Waals surface area contributed by atoms with Gasteiger partial charge in [-0.05, 0) is 36.4 Å². The standard InChI is InChI=1S/C18H15F3N4O4/c19-18(20,21)29-12-7-5-11(6-8-12)23-15(26)9-22-17(28)25-10-16(27)24-13-3-1-2-4-14(13)25/h1-8H,9-10H2,(H,22,28)(H,23,26)(H,24,27). The van der Waals surface area contributed by atoms with Gasteiger partial charge in [-0.3, -0.25) is 14.5 Å². The number of ether oxygens (including phenoxy) is 1. The minimum Gasteiger partial charge on any atom is -0.406 e. The number of rotatable bonds is 4. The molecule has 0 aliphatic carbocycles. The zero-order valence-corrected chi connectivity index (χ0v) is 14.7. The highest BCUT2D eigenvalue weighted by atomic mass is 19.4. The van der Waals surface area contributed by atoms with Gasteiger partial charge in [0.2, 0.25) is 11.8 Å². The molecule has 29 heavy (non-hydrogen) atoms. The van der Waals surface area contributed by atoms with E-state index in [2.05, 4.69) is 20.7 Å². The molecule has 1 aliphatic heterocycles. The lowest BCUT2D eigenvalue weighted by Crippen LogP contribution is -2.48. The molecule has 1 heterocycles. The summed E-state index contributed by atoms with van der Waals surface area (Å²) in [7, 11) is 0. The molecule has 0 atom stereocenters. The van der Waals surface area contributed by atoms with E-state index in [9.17, 15) is 27.6 Å². The third-order valence-corrected chi connectivity index (χ3v) is 3.79. The van der Waals surface area contributed by atoms with Crippen LogP contribution in [0, 0.1) is 0 Å². The number of nitrogens with one attached hydrogen (secondary N) is 3. The summed E-state index contributed by atoms with van der Waals surface area (Å²) in [4.78, 5) is 37.3. The van der Waals surface area contributed by atoms with Crippen LogP contribution >= 0.6 is 0 Å². The van der Waals surface area contributed by atoms with Crippen LogP contribution in [0.2, 0.25) is 0 Å². The molecule has 3 N–H and O–H groups in total. The summed E-state index contributed by atoms with van der Waals surface area (Å²) < 4.78 is 40.1. The van der Waals surface area contributed by atoms with Gasteiger partial charge in [0.05, 0.1) is 17.9 Å². The van der Waals surface area contributed by atoms with Gasteiger partial charge in [0.15, 0.2) is 0 Å². The fourth-order valence-electron chi connectivity index (χ4n) is 2.61. The fraction of sp³-hybridized carbons (Fsp3) is 0.167. The molecule has 0 bridgehead atoms. The SMILES string of the molecule is O=C(CNC(=O)N1CC(=O)Nc2ccccc21)Nc1ccc(OC(F)(F)F)cc1. The summed E-state index contributed by atoms with van der Waals surface area (Å²) in [6.07, 6.45) is -4.81. The first-order valence-electron chi connectivity index (χ1n) is 8.31. The van der Waals surface area contributed by atoms with E-state index >= 15 is 0 Å². The van der Waals surface area contributed by atoms with Gasteiger partial charge in [0, 0.05) is 5.69 Å². The first-order valence-corrected chi connectivity index (χ1v) is 8.31. The van der Waals surface area contributed by atoms with E-state index in [0.29, 0.717) is 11.4 Å². The molecule has 11 heteroatoms. The topological polar surface area (TPSA) is 99.8 Å². The van der Waals surface area contributed by atoms with E-state index in [-0.39, 0.29) is 18.1 Å². The number of carbonyl (C=O) groups is 3. The van der Waals surface area contributed by atoms with Crippen molar-refractivity contribution in [3.05, 3.63) is 48.5 Å². The summed E-state index contributed by atoms with van der Waals surface area (Å²) in [6, 6.07) is 10.6. The maximum Gasteiger partial charge on any atom is 0.573 e. The monoisotopic (exact) mass is 408 g/mol. The maximum atomic E-state index is 12.4. The van der Waals surface area contributed by atoms with Crippen molar-refractivity contribution in [3.8, 4) is 5.75 Å². The Morgan fingerprint density at radius 3 is 2.48 bits per heavy atom. The zero-order valence-electron chi connectivity index (χ0n) is 14.7. The molecule has 3 rings (SSSR count). The fourth-order valence-corrected chi connectivity index (χ4v) is 2.61. The highest BCUT2D eigenvalue weighted by Crippen LogP contribution is 2.28. The molecule has 0 saturated carbocycles. The highest BCUT2D eigenvalue weighted by Gasteiger charge is 2.31. The number of hydrogen-bond acceptors (Lipinski definition) is 4. The van der Waals surface area contributed by atoms with Crippen molar-refractivity contribution in [1.29, 1.82) is 0 Å². The lowest BCUT2D eigenvalue weighted by atomic mass is 10.2. The van der Waals surface area contributed by atoms with Crippen LogP contribution in [0.5, 0.6) is 5.75 Å². The Hall–Kier alpha value is -3.76. The number of fused-ring (bicyclic) bond motifs is 1. The normalized spacial score (nSPS) is 13.2. The van der Waals surface area contributed by atoms with E-state index in [1.54, 1.807) is 24.3 Å². The Kier molecular flexibility index (Phi) is 5.57. The number of urea groups is 1. The van der Waals surface area contributed by atoms with Crippen molar-refractivity contribution in [3.63, 3.8) is 0 Å². The molecule has 0 aromatic heterocycles. The Balaban J connectivity index is 1.54. The van der Waals surface area contributed by atoms with Gasteiger partial charge in [0.25, 0.3) is 0 Å². The minimum atomic E-state index is -4.81. The average molecular weight is 408 g/mol. The number of hydrogen-bond donors (Lipinski definition) is 3. The van der Waals surface area contributed by atoms with Gasteiger partial charge in [-0.1, -0.05) is 12.1 Å². The van der Waals surface area contributed by atoms with Crippen LogP contribution in [0.25, 0.3) is 0 Å². The van der Waals surface area contributed by atoms with Gasteiger partial charge in [-0.25, -0.2) is 4.79 Å². The molecule has 0 unspecified atom stereocenters. The number of carbonyl (C=O) groups excluding carboxylic acids is 3. The summed E-state index contributed by atoms with van der Waals surface area (Å²) >= 11 is 0. The van der Waals surface area contributed by atoms with Crippen molar-refractivity contribution >= 4 is 34.9 Å². The number of alkyl halides is 3. The maximum absolute atomic E-state index is 12.4. The van der Waals surface area contributed by atoms with Crippen molar-refractivity contribution < 1.29 is 32.3 Å². The van der Waals surface area contributed by atoms with Crippen molar-refractivity contribution in [1.82, 2.24) is 5.32 Å². The third-order valence-electron chi connectivity index (χ3n) is 3.79. The van der Waals surface area contributed by atoms with Crippen LogP contribution in [0.3, 0.4) is 0 Å². The molecule has 0 fully saturated rings. The Morgan fingerprint density at radius 1 is 1.10 bits per heavy atom. The Labute approximate surface area is 162 Å². The summed E-state index contributed by atoms with van der Waals surface area (Å²) in [6.45, 7) is -0.606. The first kappa shape index (κ1) is 20.0. The molecule has 1 aliphatic rings. The summed E-state index contributed by atoms with van der Waals surface area (Å²) in [5.41, 5.74) is 1.19. The quantitative estimate of drug-likeness (QED) is 0.724. The molecule has 0 spiro atoms. The Morgan fingerprint density at radius 2 is 1.79 bits per heavy atom. The van der Waals surface area contributed by atoms with E-state index in [0.717, 1.165) is 12.1 Å². The number of anilines is 3. The van der Waals surface area contributed by atoms with Crippen LogP contribution in [-0.4, -0.2) is 37.3 Å². The second-order valence-corrected chi connectivity index (χ2v) is 5.93. The van der Waals surface area contributed by atoms with E-state index < -0.39 is 30.6 Å². The van der Waals surface area contributed by atoms with Gasteiger partial charge in [0.1, 0.15) is 12.3 Å². The lowest BCUT2D eigenvalue weighted by molar-refractivity contribution is -0.274. The van der Waals surface area contributed by atoms with Crippen LogP contribution < -0.4 is 25.6 Å². The Bertz CT molecular complexity index is 931. The lowest BCUT2D eigenvalue weighted by Gasteiger charge is -2.29. The van der Waals surface area contributed by atoms with Crippen LogP contribution in [0.15, 0.2) is 48.5 Å². The molecular weight excluding hydrogens is 393 g/mol. The third kappa shape index (κ3) is 5.37. The van der Waals surface area contributed by atoms with E-state index in [1.165, 1.54) is 17.0 Å². The predicted molar refractivity (Wildman–Crippen MR) is 97.6 cm³/mol. The number of amides is 4. The van der Waals surface area contributed by atoms with Crippen molar-refractivity contribution in [2.45, 2.75) is 6.36 Å². The molecule has 152 valence electrons. The number of benzene rings is 2. The molecule has 0 radical (unpaired) electrons. The average Bonchev–Trinajstić information content (AvgIpc) is 2.66. The molecule has 0 saturated heterocycles. The molecule has 4 amide bonds. The zero-order chi connectivity index (χ0) is 21.0. The summed E-state index contributed by atoms with van der Waals surface area (Å²) in [5.74, 6) is -1.40. The second-order valence-electron chi connectivity index (χ2n) is 5.93. The molecule has 2 aromatic carbocycles. The van der Waals surface area contributed by atoms with Crippen LogP contribution in [0.4, 0.5) is 35.0 Å². The summed E-state index contributed by atoms with van der Waals surface area (Å²) in [5, 5.41) is 7.47. The van der Waals surface area contributed by atoms with Crippen molar-refractivity contribution in [2.75, 3.05) is 28.6 Å². The predicted octanol–water partition coefficient (Wildman–Crippen LogP) is 2.69. The van der Waals surface area contributed by atoms with Gasteiger partial charge in [-0.2, -0.15) is 0 Å². The van der Waals surface area contributed by atoms with Crippen LogP contribution in [-0.2, 0) is 9.59 Å².